The van der Waals surface area contributed by atoms with Gasteiger partial charge in [0.2, 0.25) is 0 Å². The number of benzene rings is 1. The Morgan fingerprint density at radius 1 is 1.12 bits per heavy atom. The first-order valence-electron chi connectivity index (χ1n) is 15.1. The highest BCUT2D eigenvalue weighted by Gasteiger charge is 2.56. The second kappa shape index (κ2) is 9.97. The van der Waals surface area contributed by atoms with Gasteiger partial charge in [0.25, 0.3) is 0 Å². The summed E-state index contributed by atoms with van der Waals surface area (Å²) in [5, 5.41) is 0. The normalized spacial score (nSPS) is 29.0. The first-order valence-corrected chi connectivity index (χ1v) is 15.1. The molecule has 42 heavy (non-hydrogen) atoms. The number of nitrogens with zero attached hydrogens (tertiary/aromatic N) is 6. The maximum absolute atomic E-state index is 6.61. The molecular weight excluding hydrogens is 532 g/mol. The highest BCUT2D eigenvalue weighted by atomic mass is 16.8. The Bertz CT molecular complexity index is 1600. The second-order valence-corrected chi connectivity index (χ2v) is 13.8. The molecule has 3 aromatic heterocycles. The van der Waals surface area contributed by atoms with Gasteiger partial charge in [0.15, 0.2) is 23.5 Å². The highest BCUT2D eigenvalue weighted by Crippen LogP contribution is 2.45. The van der Waals surface area contributed by atoms with Crippen LogP contribution in [0.4, 0.5) is 5.82 Å². The second-order valence-electron chi connectivity index (χ2n) is 13.8. The molecule has 3 fully saturated rings. The van der Waals surface area contributed by atoms with Crippen LogP contribution in [-0.4, -0.2) is 78.1 Å². The third kappa shape index (κ3) is 4.96. The van der Waals surface area contributed by atoms with Gasteiger partial charge >= 0.3 is 0 Å². The molecule has 3 aliphatic rings. The number of H-pyrrole nitrogens is 1. The van der Waals surface area contributed by atoms with Crippen molar-refractivity contribution < 1.29 is 14.2 Å². The van der Waals surface area contributed by atoms with Gasteiger partial charge in [-0.1, -0.05) is 26.8 Å². The van der Waals surface area contributed by atoms with E-state index in [1.54, 1.807) is 6.33 Å². The fourth-order valence-electron chi connectivity index (χ4n) is 6.80. The zero-order valence-electron chi connectivity index (χ0n) is 25.4. The average molecular weight is 575 g/mol. The molecule has 0 spiro atoms. The van der Waals surface area contributed by atoms with E-state index in [1.807, 2.05) is 18.4 Å². The summed E-state index contributed by atoms with van der Waals surface area (Å²) < 4.78 is 21.2. The number of anilines is 1. The molecule has 7 rings (SSSR count). The molecule has 1 aromatic carbocycles. The average Bonchev–Trinajstić information content (AvgIpc) is 3.64. The number of nitrogen functional groups attached to an aromatic ring is 1. The van der Waals surface area contributed by atoms with Gasteiger partial charge in [-0.2, -0.15) is 0 Å². The van der Waals surface area contributed by atoms with E-state index in [-0.39, 0.29) is 23.7 Å². The van der Waals surface area contributed by atoms with Crippen LogP contribution in [0.1, 0.15) is 71.5 Å². The van der Waals surface area contributed by atoms with Gasteiger partial charge in [-0.05, 0) is 69.2 Å². The number of fused-ring (bicyclic) bond motifs is 3. The van der Waals surface area contributed by atoms with E-state index in [0.717, 1.165) is 36.2 Å². The molecule has 1 saturated carbocycles. The smallest absolute Gasteiger partial charge is 0.167 e. The number of ether oxygens (including phenoxy) is 3. The number of imidazole rings is 2. The Hall–Kier alpha value is -3.12. The molecule has 2 saturated heterocycles. The molecule has 0 radical (unpaired) electrons. The van der Waals surface area contributed by atoms with Crippen LogP contribution < -0.4 is 5.73 Å². The van der Waals surface area contributed by atoms with E-state index in [1.165, 1.54) is 24.7 Å². The fourth-order valence-corrected chi connectivity index (χ4v) is 6.80. The third-order valence-corrected chi connectivity index (χ3v) is 9.28. The van der Waals surface area contributed by atoms with Crippen LogP contribution in [0.5, 0.6) is 0 Å². The van der Waals surface area contributed by atoms with Gasteiger partial charge in [0.05, 0.1) is 17.4 Å². The van der Waals surface area contributed by atoms with E-state index < -0.39 is 12.0 Å². The SMILES string of the molecule is CN(C[C@H]1O[C@@H](n2cnc3c(N)ncnc32)[C@@H]2OC(C)(C)O[C@@H]21)[C@H]1C[C@@H](CCc2nc3cc(C(C)(C)C)ccc3[nH]2)C1. The molecule has 11 heteroatoms. The molecule has 4 aromatic rings. The van der Waals surface area contributed by atoms with Crippen molar-refractivity contribution in [3.63, 3.8) is 0 Å². The highest BCUT2D eigenvalue weighted by molar-refractivity contribution is 5.81. The van der Waals surface area contributed by atoms with Crippen molar-refractivity contribution in [3.8, 4) is 0 Å². The molecular formula is C31H42N8O3. The summed E-state index contributed by atoms with van der Waals surface area (Å²) in [5.41, 5.74) is 10.9. The number of rotatable bonds is 7. The van der Waals surface area contributed by atoms with E-state index in [0.29, 0.717) is 28.9 Å². The van der Waals surface area contributed by atoms with Gasteiger partial charge in [-0.25, -0.2) is 19.9 Å². The minimum atomic E-state index is -0.689. The quantitative estimate of drug-likeness (QED) is 0.331. The molecule has 5 heterocycles. The molecule has 0 unspecified atom stereocenters. The third-order valence-electron chi connectivity index (χ3n) is 9.28. The van der Waals surface area contributed by atoms with Crippen molar-refractivity contribution in [2.45, 2.75) is 102 Å². The molecule has 4 atom stereocenters. The number of aromatic nitrogens is 6. The van der Waals surface area contributed by atoms with E-state index in [2.05, 4.69) is 70.9 Å². The van der Waals surface area contributed by atoms with Gasteiger partial charge in [0.1, 0.15) is 36.0 Å². The van der Waals surface area contributed by atoms with Crippen molar-refractivity contribution >= 4 is 28.0 Å². The summed E-state index contributed by atoms with van der Waals surface area (Å²) in [6.07, 6.45) is 6.63. The lowest BCUT2D eigenvalue weighted by atomic mass is 9.76. The fraction of sp³-hybridized carbons (Fsp3) is 0.613. The maximum Gasteiger partial charge on any atom is 0.167 e. The Morgan fingerprint density at radius 3 is 2.69 bits per heavy atom. The predicted octanol–water partition coefficient (Wildman–Crippen LogP) is 4.34. The molecule has 0 bridgehead atoms. The van der Waals surface area contributed by atoms with Crippen molar-refractivity contribution in [2.24, 2.45) is 5.92 Å². The monoisotopic (exact) mass is 574 g/mol. The lowest BCUT2D eigenvalue weighted by Crippen LogP contribution is -2.48. The van der Waals surface area contributed by atoms with Crippen LogP contribution in [0.15, 0.2) is 30.9 Å². The largest absolute Gasteiger partial charge is 0.382 e. The number of hydrogen-bond acceptors (Lipinski definition) is 9. The predicted molar refractivity (Wildman–Crippen MR) is 160 cm³/mol. The van der Waals surface area contributed by atoms with Gasteiger partial charge in [0, 0.05) is 19.0 Å². The number of nitrogens with two attached hydrogens (primary N) is 1. The lowest BCUT2D eigenvalue weighted by Gasteiger charge is -2.42. The summed E-state index contributed by atoms with van der Waals surface area (Å²) in [6, 6.07) is 7.13. The van der Waals surface area contributed by atoms with E-state index in [9.17, 15) is 0 Å². The van der Waals surface area contributed by atoms with Crippen LogP contribution in [0, 0.1) is 5.92 Å². The molecule has 0 amide bonds. The summed E-state index contributed by atoms with van der Waals surface area (Å²) in [4.78, 5) is 23.8. The Labute approximate surface area is 246 Å². The minimum Gasteiger partial charge on any atom is -0.382 e. The van der Waals surface area contributed by atoms with Crippen molar-refractivity contribution in [2.75, 3.05) is 19.3 Å². The summed E-state index contributed by atoms with van der Waals surface area (Å²) in [7, 11) is 2.19. The number of aryl methyl sites for hydroxylation is 1. The van der Waals surface area contributed by atoms with E-state index >= 15 is 0 Å². The summed E-state index contributed by atoms with van der Waals surface area (Å²) in [5.74, 6) is 1.45. The van der Waals surface area contributed by atoms with Crippen LogP contribution in [-0.2, 0) is 26.0 Å². The Balaban J connectivity index is 0.966. The van der Waals surface area contributed by atoms with Crippen LogP contribution in [0.3, 0.4) is 0 Å². The van der Waals surface area contributed by atoms with Crippen LogP contribution in [0.2, 0.25) is 0 Å². The standard InChI is InChI=1S/C31H42N8O3/c1-30(2,3)18-8-9-20-21(13-18)37-23(36-20)10-7-17-11-19(12-17)38(6)14-22-25-26(42-31(4,5)41-25)29(40-22)39-16-35-24-27(32)33-15-34-28(24)39/h8-9,13,15-17,19,22,25-26,29H,7,10-12,14H2,1-6H3,(H,36,37)(H2,32,33,34)/t17-,19+,22-,25-,26-,29-/m1/s1. The zero-order valence-corrected chi connectivity index (χ0v) is 25.4. The van der Waals surface area contributed by atoms with Crippen LogP contribution >= 0.6 is 0 Å². The van der Waals surface area contributed by atoms with Gasteiger partial charge < -0.3 is 29.8 Å². The van der Waals surface area contributed by atoms with E-state index in [4.69, 9.17) is 24.9 Å². The number of hydrogen-bond donors (Lipinski definition) is 2. The number of likely N-dealkylation sites (N-methyl/N-ethyl adjacent to an activating group) is 1. The zero-order chi connectivity index (χ0) is 29.4. The molecule has 3 N–H and O–H groups in total. The first kappa shape index (κ1) is 27.7. The maximum atomic E-state index is 6.61. The van der Waals surface area contributed by atoms with Gasteiger partial charge in [-0.15, -0.1) is 0 Å². The van der Waals surface area contributed by atoms with Crippen molar-refractivity contribution in [3.05, 3.63) is 42.2 Å². The Morgan fingerprint density at radius 2 is 1.90 bits per heavy atom. The summed E-state index contributed by atoms with van der Waals surface area (Å²) >= 11 is 0. The van der Waals surface area contributed by atoms with Crippen LogP contribution in [0.25, 0.3) is 22.2 Å². The molecule has 2 aliphatic heterocycles. The lowest BCUT2D eigenvalue weighted by molar-refractivity contribution is -0.198. The topological polar surface area (TPSA) is 129 Å². The molecule has 1 aliphatic carbocycles. The van der Waals surface area contributed by atoms with Gasteiger partial charge in [-0.3, -0.25) is 4.57 Å². The van der Waals surface area contributed by atoms with Crippen molar-refractivity contribution in [1.82, 2.24) is 34.4 Å². The molecule has 11 nitrogen and oxygen atoms in total. The Kier molecular flexibility index (Phi) is 6.58. The first-order chi connectivity index (χ1) is 19.9. The number of nitrogens with one attached hydrogen (secondary N) is 1. The minimum absolute atomic E-state index is 0.121. The van der Waals surface area contributed by atoms with Crippen molar-refractivity contribution in [1.29, 1.82) is 0 Å². The molecule has 224 valence electrons. The summed E-state index contributed by atoms with van der Waals surface area (Å²) in [6.45, 7) is 11.4. The number of aromatic amines is 1.